The molecule has 0 saturated carbocycles. The fourth-order valence-corrected chi connectivity index (χ4v) is 1.58. The van der Waals surface area contributed by atoms with E-state index in [-0.39, 0.29) is 5.56 Å². The average molecular weight is 245 g/mol. The van der Waals surface area contributed by atoms with Gasteiger partial charge in [0.2, 0.25) is 0 Å². The van der Waals surface area contributed by atoms with E-state index in [2.05, 4.69) is 15.5 Å². The van der Waals surface area contributed by atoms with Crippen LogP contribution in [0, 0.1) is 17.1 Å². The zero-order valence-corrected chi connectivity index (χ0v) is 9.89. The molecule has 2 aromatic rings. The monoisotopic (exact) mass is 245 g/mol. The van der Waals surface area contributed by atoms with E-state index in [0.29, 0.717) is 18.7 Å². The van der Waals surface area contributed by atoms with Crippen LogP contribution in [0.4, 0.5) is 4.39 Å². The summed E-state index contributed by atoms with van der Waals surface area (Å²) in [5.41, 5.74) is 0.532. The van der Waals surface area contributed by atoms with Crippen molar-refractivity contribution in [2.24, 2.45) is 7.05 Å². The summed E-state index contributed by atoms with van der Waals surface area (Å²) in [5, 5.41) is 19.4. The van der Waals surface area contributed by atoms with E-state index in [1.54, 1.807) is 23.0 Å². The molecule has 18 heavy (non-hydrogen) atoms. The second-order valence-electron chi connectivity index (χ2n) is 3.85. The van der Waals surface area contributed by atoms with Gasteiger partial charge in [-0.3, -0.25) is 0 Å². The maximum Gasteiger partial charge on any atom is 0.146 e. The van der Waals surface area contributed by atoms with Gasteiger partial charge in [0.1, 0.15) is 24.0 Å². The smallest absolute Gasteiger partial charge is 0.146 e. The van der Waals surface area contributed by atoms with Gasteiger partial charge in [-0.1, -0.05) is 12.1 Å². The van der Waals surface area contributed by atoms with Crippen LogP contribution in [-0.4, -0.2) is 14.8 Å². The summed E-state index contributed by atoms with van der Waals surface area (Å²) in [6, 6.07) is 6.60. The van der Waals surface area contributed by atoms with Crippen LogP contribution in [-0.2, 0) is 20.1 Å². The Morgan fingerprint density at radius 2 is 2.28 bits per heavy atom. The molecule has 1 aromatic heterocycles. The van der Waals surface area contributed by atoms with Crippen molar-refractivity contribution < 1.29 is 4.39 Å². The van der Waals surface area contributed by atoms with Crippen molar-refractivity contribution >= 4 is 0 Å². The quantitative estimate of drug-likeness (QED) is 0.876. The number of benzene rings is 1. The standard InChI is InChI=1S/C12H12FN5/c1-18-8-16-17-11(18)7-15-6-10-4-2-3-9(5-14)12(10)13/h2-4,8,15H,6-7H2,1H3. The van der Waals surface area contributed by atoms with Crippen molar-refractivity contribution in [3.63, 3.8) is 0 Å². The van der Waals surface area contributed by atoms with E-state index in [4.69, 9.17) is 5.26 Å². The molecule has 0 bridgehead atoms. The van der Waals surface area contributed by atoms with E-state index in [1.807, 2.05) is 13.1 Å². The number of hydrogen-bond acceptors (Lipinski definition) is 4. The highest BCUT2D eigenvalue weighted by molar-refractivity contribution is 5.34. The molecule has 6 heteroatoms. The fourth-order valence-electron chi connectivity index (χ4n) is 1.58. The first-order valence-corrected chi connectivity index (χ1v) is 5.43. The van der Waals surface area contributed by atoms with Gasteiger partial charge in [-0.05, 0) is 6.07 Å². The molecule has 0 radical (unpaired) electrons. The summed E-state index contributed by atoms with van der Waals surface area (Å²) < 4.78 is 15.5. The van der Waals surface area contributed by atoms with Crippen molar-refractivity contribution in [1.29, 1.82) is 5.26 Å². The number of hydrogen-bond donors (Lipinski definition) is 1. The predicted octanol–water partition coefficient (Wildman–Crippen LogP) is 1.12. The van der Waals surface area contributed by atoms with Crippen molar-refractivity contribution in [3.8, 4) is 6.07 Å². The Hall–Kier alpha value is -2.26. The first kappa shape index (κ1) is 12.2. The highest BCUT2D eigenvalue weighted by Gasteiger charge is 2.07. The predicted molar refractivity (Wildman–Crippen MR) is 62.7 cm³/mol. The molecule has 5 nitrogen and oxygen atoms in total. The molecular weight excluding hydrogens is 233 g/mol. The lowest BCUT2D eigenvalue weighted by molar-refractivity contribution is 0.575. The molecule has 0 aliphatic heterocycles. The summed E-state index contributed by atoms with van der Waals surface area (Å²) in [7, 11) is 1.84. The minimum atomic E-state index is -0.467. The SMILES string of the molecule is Cn1cnnc1CNCc1cccc(C#N)c1F. The zero-order valence-electron chi connectivity index (χ0n) is 9.89. The van der Waals surface area contributed by atoms with Gasteiger partial charge in [-0.25, -0.2) is 4.39 Å². The van der Waals surface area contributed by atoms with E-state index in [0.717, 1.165) is 5.82 Å². The first-order valence-electron chi connectivity index (χ1n) is 5.43. The summed E-state index contributed by atoms with van der Waals surface area (Å²) in [6.45, 7) is 0.834. The summed E-state index contributed by atoms with van der Waals surface area (Å²) in [6.07, 6.45) is 1.61. The van der Waals surface area contributed by atoms with E-state index < -0.39 is 5.82 Å². The van der Waals surface area contributed by atoms with Crippen LogP contribution < -0.4 is 5.32 Å². The van der Waals surface area contributed by atoms with Gasteiger partial charge in [-0.2, -0.15) is 5.26 Å². The van der Waals surface area contributed by atoms with E-state index in [9.17, 15) is 4.39 Å². The third-order valence-electron chi connectivity index (χ3n) is 2.60. The van der Waals surface area contributed by atoms with E-state index >= 15 is 0 Å². The molecule has 0 spiro atoms. The Kier molecular flexibility index (Phi) is 3.65. The first-order chi connectivity index (χ1) is 8.72. The topological polar surface area (TPSA) is 66.5 Å². The second-order valence-corrected chi connectivity index (χ2v) is 3.85. The van der Waals surface area contributed by atoms with Crippen molar-refractivity contribution in [2.75, 3.05) is 0 Å². The van der Waals surface area contributed by atoms with Crippen molar-refractivity contribution in [3.05, 3.63) is 47.3 Å². The minimum absolute atomic E-state index is 0.0629. The van der Waals surface area contributed by atoms with Crippen LogP contribution >= 0.6 is 0 Å². The van der Waals surface area contributed by atoms with Gasteiger partial charge < -0.3 is 9.88 Å². The Morgan fingerprint density at radius 1 is 1.44 bits per heavy atom. The molecule has 2 rings (SSSR count). The van der Waals surface area contributed by atoms with Crippen LogP contribution in [0.25, 0.3) is 0 Å². The normalized spacial score (nSPS) is 10.3. The lowest BCUT2D eigenvalue weighted by Crippen LogP contribution is -2.16. The summed E-state index contributed by atoms with van der Waals surface area (Å²) in [4.78, 5) is 0. The molecule has 92 valence electrons. The maximum atomic E-state index is 13.7. The largest absolute Gasteiger partial charge is 0.320 e. The van der Waals surface area contributed by atoms with Crippen LogP contribution in [0.1, 0.15) is 17.0 Å². The second kappa shape index (κ2) is 5.38. The number of nitrogens with zero attached hydrogens (tertiary/aromatic N) is 4. The molecule has 0 atom stereocenters. The molecule has 1 N–H and O–H groups in total. The maximum absolute atomic E-state index is 13.7. The summed E-state index contributed by atoms with van der Waals surface area (Å²) >= 11 is 0. The van der Waals surface area contributed by atoms with Gasteiger partial charge in [0.05, 0.1) is 12.1 Å². The number of halogens is 1. The fraction of sp³-hybridized carbons (Fsp3) is 0.250. The van der Waals surface area contributed by atoms with Crippen LogP contribution in [0.15, 0.2) is 24.5 Å². The highest BCUT2D eigenvalue weighted by Crippen LogP contribution is 2.11. The molecule has 1 heterocycles. The third kappa shape index (κ3) is 2.52. The molecule has 0 saturated heterocycles. The highest BCUT2D eigenvalue weighted by atomic mass is 19.1. The Morgan fingerprint density at radius 3 is 2.94 bits per heavy atom. The molecule has 1 aromatic carbocycles. The number of aryl methyl sites for hydroxylation is 1. The van der Waals surface area contributed by atoms with Crippen molar-refractivity contribution in [1.82, 2.24) is 20.1 Å². The zero-order chi connectivity index (χ0) is 13.0. The number of rotatable bonds is 4. The molecule has 0 fully saturated rings. The molecule has 0 unspecified atom stereocenters. The lowest BCUT2D eigenvalue weighted by atomic mass is 10.1. The Balaban J connectivity index is 1.99. The lowest BCUT2D eigenvalue weighted by Gasteiger charge is -2.06. The summed E-state index contributed by atoms with van der Waals surface area (Å²) in [5.74, 6) is 0.303. The number of nitriles is 1. The van der Waals surface area contributed by atoms with Gasteiger partial charge >= 0.3 is 0 Å². The molecule has 0 amide bonds. The van der Waals surface area contributed by atoms with Gasteiger partial charge in [0.25, 0.3) is 0 Å². The average Bonchev–Trinajstić information content (AvgIpc) is 2.77. The molecule has 0 aliphatic carbocycles. The Labute approximate surface area is 104 Å². The van der Waals surface area contributed by atoms with Gasteiger partial charge in [-0.15, -0.1) is 10.2 Å². The Bertz CT molecular complexity index is 584. The molecule has 0 aliphatic rings. The van der Waals surface area contributed by atoms with Crippen LogP contribution in [0.3, 0.4) is 0 Å². The number of aromatic nitrogens is 3. The van der Waals surface area contributed by atoms with Crippen molar-refractivity contribution in [2.45, 2.75) is 13.1 Å². The number of nitrogens with one attached hydrogen (secondary N) is 1. The van der Waals surface area contributed by atoms with Gasteiger partial charge in [0, 0.05) is 19.2 Å². The van der Waals surface area contributed by atoms with Crippen LogP contribution in [0.2, 0.25) is 0 Å². The van der Waals surface area contributed by atoms with Crippen LogP contribution in [0.5, 0.6) is 0 Å². The third-order valence-corrected chi connectivity index (χ3v) is 2.60. The van der Waals surface area contributed by atoms with E-state index in [1.165, 1.54) is 6.07 Å². The molecular formula is C12H12FN5. The minimum Gasteiger partial charge on any atom is -0.320 e. The van der Waals surface area contributed by atoms with Gasteiger partial charge in [0.15, 0.2) is 0 Å².